The molecule has 1 atom stereocenters. The second-order valence-electron chi connectivity index (χ2n) is 8.92. The van der Waals surface area contributed by atoms with Crippen LogP contribution < -0.4 is 10.6 Å². The van der Waals surface area contributed by atoms with Gasteiger partial charge in [-0.15, -0.1) is 0 Å². The van der Waals surface area contributed by atoms with Gasteiger partial charge in [0.25, 0.3) is 5.89 Å². The first-order valence-corrected chi connectivity index (χ1v) is 12.1. The fourth-order valence-corrected chi connectivity index (χ4v) is 4.51. The molecule has 8 nitrogen and oxygen atoms in total. The Kier molecular flexibility index (Phi) is 8.20. The second-order valence-corrected chi connectivity index (χ2v) is 8.92. The highest BCUT2D eigenvalue weighted by Gasteiger charge is 2.15. The maximum atomic E-state index is 11.9. The molecule has 3 N–H and O–H groups in total. The molecule has 0 aliphatic carbocycles. The van der Waals surface area contributed by atoms with Crippen molar-refractivity contribution < 1.29 is 9.21 Å². The number of H-pyrrole nitrogens is 1. The third-order valence-electron chi connectivity index (χ3n) is 6.45. The molecule has 1 fully saturated rings. The lowest BCUT2D eigenvalue weighted by atomic mass is 10.1. The number of Topliss-reactive ketones (excluding diaryl/α,β-unsaturated/α-hetero) is 1. The van der Waals surface area contributed by atoms with Crippen LogP contribution in [0.2, 0.25) is 0 Å². The van der Waals surface area contributed by atoms with E-state index >= 15 is 0 Å². The summed E-state index contributed by atoms with van der Waals surface area (Å²) in [5.41, 5.74) is 9.40. The van der Waals surface area contributed by atoms with Crippen LogP contribution in [0.1, 0.15) is 67.5 Å². The van der Waals surface area contributed by atoms with Crippen molar-refractivity contribution in [3.8, 4) is 11.3 Å². The molecule has 0 amide bonds. The van der Waals surface area contributed by atoms with Gasteiger partial charge in [-0.2, -0.15) is 13.5 Å². The first-order chi connectivity index (χ1) is 16.7. The summed E-state index contributed by atoms with van der Waals surface area (Å²) >= 11 is 0. The molecular weight excluding hydrogens is 460 g/mol. The summed E-state index contributed by atoms with van der Waals surface area (Å²) < 4.78 is 5.04. The predicted molar refractivity (Wildman–Crippen MR) is 142 cm³/mol. The van der Waals surface area contributed by atoms with Crippen LogP contribution in [-0.4, -0.2) is 38.8 Å². The zero-order chi connectivity index (χ0) is 23.3. The lowest BCUT2D eigenvalue weighted by Crippen LogP contribution is -2.18. The first-order valence-electron chi connectivity index (χ1n) is 12.1. The summed E-state index contributed by atoms with van der Waals surface area (Å²) in [7, 11) is 0. The summed E-state index contributed by atoms with van der Waals surface area (Å²) in [5.74, 6) is 1.99. The van der Waals surface area contributed by atoms with E-state index in [1.807, 2.05) is 6.20 Å². The van der Waals surface area contributed by atoms with Crippen LogP contribution in [0, 0.1) is 0 Å². The molecule has 35 heavy (non-hydrogen) atoms. The van der Waals surface area contributed by atoms with Crippen LogP contribution in [0.25, 0.3) is 22.2 Å². The number of anilines is 1. The summed E-state index contributed by atoms with van der Waals surface area (Å²) in [6, 6.07) is 10.4. The molecule has 1 aliphatic heterocycles. The third kappa shape index (κ3) is 5.91. The minimum atomic E-state index is -0.165. The monoisotopic (exact) mass is 492 g/mol. The number of imidazole rings is 1. The molecule has 0 unspecified atom stereocenters. The number of ketones is 1. The first kappa shape index (κ1) is 24.9. The molecule has 1 aliphatic rings. The molecule has 3 aromatic heterocycles. The Balaban J connectivity index is 0.00000289. The number of unbranched alkanes of at least 4 members (excludes halogenated alkanes) is 2. The van der Waals surface area contributed by atoms with E-state index in [1.165, 1.54) is 25.3 Å². The molecule has 184 valence electrons. The van der Waals surface area contributed by atoms with Gasteiger partial charge in [-0.3, -0.25) is 4.79 Å². The number of pyridine rings is 1. The van der Waals surface area contributed by atoms with Crippen molar-refractivity contribution in [3.63, 3.8) is 0 Å². The topological polar surface area (TPSA) is 114 Å². The fourth-order valence-electron chi connectivity index (χ4n) is 4.51. The number of fused-ring (bicyclic) bond motifs is 1. The highest BCUT2D eigenvalue weighted by Crippen LogP contribution is 2.27. The van der Waals surface area contributed by atoms with Crippen LogP contribution in [0.15, 0.2) is 53.4 Å². The Labute approximate surface area is 211 Å². The van der Waals surface area contributed by atoms with Crippen molar-refractivity contribution in [1.29, 1.82) is 0 Å². The molecule has 1 saturated heterocycles. The van der Waals surface area contributed by atoms with Crippen LogP contribution in [0.5, 0.6) is 0 Å². The van der Waals surface area contributed by atoms with Gasteiger partial charge in [0.1, 0.15) is 17.9 Å². The average Bonchev–Trinajstić information content (AvgIpc) is 3.65. The number of hydrogen-bond donors (Lipinski definition) is 2. The van der Waals surface area contributed by atoms with E-state index in [0.717, 1.165) is 72.6 Å². The summed E-state index contributed by atoms with van der Waals surface area (Å²) in [6.07, 6.45) is 11.1. The Morgan fingerprint density at radius 1 is 1.11 bits per heavy atom. The number of aromatic nitrogens is 4. The normalized spacial score (nSPS) is 14.3. The summed E-state index contributed by atoms with van der Waals surface area (Å²) in [5, 5.41) is 1.11. The largest absolute Gasteiger partial charge is 0.442 e. The maximum Gasteiger partial charge on any atom is 0.263 e. The summed E-state index contributed by atoms with van der Waals surface area (Å²) in [4.78, 5) is 30.9. The number of carbonyl (C=O) groups excluding carboxylic acids is 1. The number of oxazole rings is 1. The number of nitrogens with two attached hydrogens (primary N) is 1. The van der Waals surface area contributed by atoms with Crippen molar-refractivity contribution >= 4 is 36.0 Å². The van der Waals surface area contributed by atoms with Gasteiger partial charge in [-0.1, -0.05) is 18.9 Å². The molecule has 5 rings (SSSR count). The van der Waals surface area contributed by atoms with Gasteiger partial charge in [0.2, 0.25) is 5.78 Å². The van der Waals surface area contributed by atoms with Crippen molar-refractivity contribution in [3.05, 3.63) is 60.7 Å². The molecule has 4 heterocycles. The van der Waals surface area contributed by atoms with Gasteiger partial charge in [0, 0.05) is 30.5 Å². The van der Waals surface area contributed by atoms with Gasteiger partial charge in [0.15, 0.2) is 0 Å². The van der Waals surface area contributed by atoms with Crippen molar-refractivity contribution in [2.45, 2.75) is 51.0 Å². The third-order valence-corrected chi connectivity index (χ3v) is 6.45. The van der Waals surface area contributed by atoms with Crippen LogP contribution in [0.4, 0.5) is 5.82 Å². The van der Waals surface area contributed by atoms with E-state index in [4.69, 9.17) is 15.1 Å². The number of aromatic amines is 1. The predicted octanol–water partition coefficient (Wildman–Crippen LogP) is 5.16. The van der Waals surface area contributed by atoms with E-state index in [1.54, 1.807) is 0 Å². The van der Waals surface area contributed by atoms with Crippen molar-refractivity contribution in [2.75, 3.05) is 18.0 Å². The van der Waals surface area contributed by atoms with Crippen molar-refractivity contribution in [2.24, 2.45) is 5.73 Å². The number of nitrogens with one attached hydrogen (secondary N) is 1. The van der Waals surface area contributed by atoms with Gasteiger partial charge >= 0.3 is 0 Å². The molecule has 4 aromatic rings. The second kappa shape index (κ2) is 11.5. The lowest BCUT2D eigenvalue weighted by molar-refractivity contribution is 0.0945. The average molecular weight is 493 g/mol. The van der Waals surface area contributed by atoms with Crippen LogP contribution >= 0.6 is 13.5 Å². The lowest BCUT2D eigenvalue weighted by Gasteiger charge is -2.16. The molecule has 0 saturated carbocycles. The molecule has 0 bridgehead atoms. The fraction of sp³-hybridized carbons (Fsp3) is 0.385. The summed E-state index contributed by atoms with van der Waals surface area (Å²) in [6.45, 7) is 2.18. The van der Waals surface area contributed by atoms with E-state index in [-0.39, 0.29) is 31.2 Å². The minimum Gasteiger partial charge on any atom is -0.442 e. The molecular formula is C26H32N6O2S. The SMILES string of the molecule is N[C@@H](CCCCCC(=O)c1ncco1)c1ncc(-c2ccc3nc(N4CCCC4)ccc3c2)[nH]1.S. The number of nitrogens with zero attached hydrogens (tertiary/aromatic N) is 4. The Bertz CT molecular complexity index is 1250. The van der Waals surface area contributed by atoms with Gasteiger partial charge in [-0.05, 0) is 49.9 Å². The Hall–Kier alpha value is -3.17. The van der Waals surface area contributed by atoms with E-state index < -0.39 is 0 Å². The minimum absolute atomic E-state index is 0. The van der Waals surface area contributed by atoms with Crippen molar-refractivity contribution in [1.82, 2.24) is 19.9 Å². The van der Waals surface area contributed by atoms with Crippen LogP contribution in [0.3, 0.4) is 0 Å². The smallest absolute Gasteiger partial charge is 0.263 e. The standard InChI is InChI=1S/C26H30N6O2.H2S/c27-20(6-2-1-3-7-23(33)26-28-12-15-34-26)25-29-17-22(31-25)19-8-10-21-18(16-19)9-11-24(30-21)32-13-4-5-14-32;/h8-12,15-17,20H,1-7,13-14,27H2,(H,29,31);1H2/t20-;/m0./s1. The van der Waals surface area contributed by atoms with Gasteiger partial charge < -0.3 is 20.0 Å². The Morgan fingerprint density at radius 3 is 2.77 bits per heavy atom. The highest BCUT2D eigenvalue weighted by atomic mass is 32.1. The van der Waals surface area contributed by atoms with E-state index in [0.29, 0.717) is 6.42 Å². The van der Waals surface area contributed by atoms with Crippen LogP contribution in [-0.2, 0) is 0 Å². The molecule has 9 heteroatoms. The maximum absolute atomic E-state index is 11.9. The number of benzene rings is 1. The zero-order valence-corrected chi connectivity index (χ0v) is 20.7. The zero-order valence-electron chi connectivity index (χ0n) is 19.7. The Morgan fingerprint density at radius 2 is 1.97 bits per heavy atom. The molecule has 1 aromatic carbocycles. The molecule has 0 spiro atoms. The number of carbonyl (C=O) groups is 1. The number of rotatable bonds is 10. The van der Waals surface area contributed by atoms with Gasteiger partial charge in [0.05, 0.1) is 29.6 Å². The van der Waals surface area contributed by atoms with E-state index in [9.17, 15) is 4.79 Å². The van der Waals surface area contributed by atoms with Gasteiger partial charge in [-0.25, -0.2) is 15.0 Å². The number of hydrogen-bond acceptors (Lipinski definition) is 7. The molecule has 0 radical (unpaired) electrons. The van der Waals surface area contributed by atoms with E-state index in [2.05, 4.69) is 50.2 Å². The highest BCUT2D eigenvalue weighted by molar-refractivity contribution is 7.59. The quantitative estimate of drug-likeness (QED) is 0.232.